The quantitative estimate of drug-likeness (QED) is 0.911. The van der Waals surface area contributed by atoms with Crippen molar-refractivity contribution >= 4 is 5.69 Å². The minimum atomic E-state index is 0.345. The van der Waals surface area contributed by atoms with E-state index in [2.05, 4.69) is 43.0 Å². The van der Waals surface area contributed by atoms with Gasteiger partial charge in [0.25, 0.3) is 0 Å². The van der Waals surface area contributed by atoms with E-state index in [-0.39, 0.29) is 0 Å². The van der Waals surface area contributed by atoms with E-state index in [1.165, 1.54) is 43.4 Å². The first-order chi connectivity index (χ1) is 9.63. The van der Waals surface area contributed by atoms with E-state index in [4.69, 9.17) is 5.73 Å². The first kappa shape index (κ1) is 13.9. The van der Waals surface area contributed by atoms with E-state index in [9.17, 15) is 0 Å². The van der Waals surface area contributed by atoms with Gasteiger partial charge >= 0.3 is 0 Å². The van der Waals surface area contributed by atoms with Crippen molar-refractivity contribution in [3.05, 3.63) is 29.8 Å². The number of anilines is 1. The molecule has 2 nitrogen and oxygen atoms in total. The third kappa shape index (κ3) is 2.46. The Labute approximate surface area is 123 Å². The number of rotatable bonds is 3. The van der Waals surface area contributed by atoms with Crippen molar-refractivity contribution in [2.45, 2.75) is 52.0 Å². The van der Waals surface area contributed by atoms with Gasteiger partial charge in [0.05, 0.1) is 0 Å². The molecule has 0 radical (unpaired) electrons. The summed E-state index contributed by atoms with van der Waals surface area (Å²) in [5.41, 5.74) is 9.51. The lowest BCUT2D eigenvalue weighted by atomic mass is 9.70. The number of hydrogen-bond acceptors (Lipinski definition) is 2. The van der Waals surface area contributed by atoms with Crippen LogP contribution >= 0.6 is 0 Å². The van der Waals surface area contributed by atoms with Gasteiger partial charge in [-0.2, -0.15) is 0 Å². The summed E-state index contributed by atoms with van der Waals surface area (Å²) in [6.45, 7) is 6.73. The van der Waals surface area contributed by atoms with Crippen LogP contribution < -0.4 is 10.6 Å². The molecule has 2 aliphatic rings. The standard InChI is InChI=1S/C18H28N2/c1-14-7-9-18(12-19,10-8-14)13-20-15(2)11-16-5-3-4-6-17(16)20/h3-6,14-15H,7-13,19H2,1-2H3. The third-order valence-electron chi connectivity index (χ3n) is 5.62. The van der Waals surface area contributed by atoms with Crippen LogP contribution in [-0.4, -0.2) is 19.1 Å². The highest BCUT2D eigenvalue weighted by atomic mass is 15.2. The van der Waals surface area contributed by atoms with E-state index in [0.29, 0.717) is 11.5 Å². The minimum Gasteiger partial charge on any atom is -0.368 e. The number of hydrogen-bond donors (Lipinski definition) is 1. The Hall–Kier alpha value is -1.02. The van der Waals surface area contributed by atoms with Gasteiger partial charge in [-0.25, -0.2) is 0 Å². The molecule has 1 aromatic carbocycles. The number of nitrogens with zero attached hydrogens (tertiary/aromatic N) is 1. The Bertz CT molecular complexity index is 460. The summed E-state index contributed by atoms with van der Waals surface area (Å²) in [5, 5.41) is 0. The van der Waals surface area contributed by atoms with Gasteiger partial charge in [0.1, 0.15) is 0 Å². The van der Waals surface area contributed by atoms with Gasteiger partial charge in [-0.05, 0) is 50.3 Å². The van der Waals surface area contributed by atoms with Crippen molar-refractivity contribution in [3.8, 4) is 0 Å². The molecule has 1 fully saturated rings. The smallest absolute Gasteiger partial charge is 0.0402 e. The van der Waals surface area contributed by atoms with Crippen LogP contribution in [-0.2, 0) is 6.42 Å². The molecule has 3 rings (SSSR count). The second-order valence-electron chi connectivity index (χ2n) is 7.20. The van der Waals surface area contributed by atoms with Crippen molar-refractivity contribution < 1.29 is 0 Å². The Morgan fingerprint density at radius 3 is 2.60 bits per heavy atom. The molecule has 1 unspecified atom stereocenters. The average Bonchev–Trinajstić information content (AvgIpc) is 2.78. The van der Waals surface area contributed by atoms with Crippen molar-refractivity contribution in [1.82, 2.24) is 0 Å². The lowest BCUT2D eigenvalue weighted by molar-refractivity contribution is 0.167. The Morgan fingerprint density at radius 2 is 1.90 bits per heavy atom. The normalized spacial score (nSPS) is 33.2. The lowest BCUT2D eigenvalue weighted by Crippen LogP contribution is -2.46. The second-order valence-corrected chi connectivity index (χ2v) is 7.20. The van der Waals surface area contributed by atoms with Crippen LogP contribution in [0.15, 0.2) is 24.3 Å². The average molecular weight is 272 g/mol. The predicted octanol–water partition coefficient (Wildman–Crippen LogP) is 3.59. The first-order valence-corrected chi connectivity index (χ1v) is 8.18. The first-order valence-electron chi connectivity index (χ1n) is 8.18. The van der Waals surface area contributed by atoms with Crippen LogP contribution in [0.5, 0.6) is 0 Å². The highest BCUT2D eigenvalue weighted by Crippen LogP contribution is 2.42. The van der Waals surface area contributed by atoms with Gasteiger partial charge in [-0.3, -0.25) is 0 Å². The van der Waals surface area contributed by atoms with Crippen molar-refractivity contribution in [3.63, 3.8) is 0 Å². The van der Waals surface area contributed by atoms with Gasteiger partial charge in [0, 0.05) is 23.7 Å². The summed E-state index contributed by atoms with van der Waals surface area (Å²) in [5.74, 6) is 0.887. The van der Waals surface area contributed by atoms with Crippen molar-refractivity contribution in [1.29, 1.82) is 0 Å². The van der Waals surface area contributed by atoms with Crippen molar-refractivity contribution in [2.24, 2.45) is 17.1 Å². The minimum absolute atomic E-state index is 0.345. The monoisotopic (exact) mass is 272 g/mol. The molecule has 1 aliphatic heterocycles. The molecule has 110 valence electrons. The topological polar surface area (TPSA) is 29.3 Å². The van der Waals surface area contributed by atoms with E-state index < -0.39 is 0 Å². The molecule has 2 N–H and O–H groups in total. The summed E-state index contributed by atoms with van der Waals surface area (Å²) < 4.78 is 0. The van der Waals surface area contributed by atoms with Gasteiger partial charge in [-0.1, -0.05) is 38.0 Å². The van der Waals surface area contributed by atoms with E-state index in [0.717, 1.165) is 19.0 Å². The van der Waals surface area contributed by atoms with Crippen LogP contribution in [0.3, 0.4) is 0 Å². The van der Waals surface area contributed by atoms with Crippen LogP contribution in [0.25, 0.3) is 0 Å². The van der Waals surface area contributed by atoms with Gasteiger partial charge in [-0.15, -0.1) is 0 Å². The Kier molecular flexibility index (Phi) is 3.76. The van der Waals surface area contributed by atoms with Crippen LogP contribution in [0.4, 0.5) is 5.69 Å². The fraction of sp³-hybridized carbons (Fsp3) is 0.667. The second kappa shape index (κ2) is 5.40. The zero-order valence-corrected chi connectivity index (χ0v) is 12.9. The molecule has 1 aliphatic carbocycles. The molecule has 20 heavy (non-hydrogen) atoms. The SMILES string of the molecule is CC1CCC(CN)(CN2c3ccccc3CC2C)CC1. The molecule has 1 saturated carbocycles. The molecule has 0 aromatic heterocycles. The van der Waals surface area contributed by atoms with Gasteiger partial charge in [0.15, 0.2) is 0 Å². The molecule has 2 heteroatoms. The maximum Gasteiger partial charge on any atom is 0.0402 e. The van der Waals surface area contributed by atoms with Crippen molar-refractivity contribution in [2.75, 3.05) is 18.0 Å². The maximum absolute atomic E-state index is 6.20. The molecule has 0 bridgehead atoms. The molecular weight excluding hydrogens is 244 g/mol. The molecule has 1 aromatic rings. The zero-order chi connectivity index (χ0) is 14.2. The summed E-state index contributed by atoms with van der Waals surface area (Å²) in [4.78, 5) is 2.62. The van der Waals surface area contributed by atoms with Gasteiger partial charge < -0.3 is 10.6 Å². The van der Waals surface area contributed by atoms with E-state index in [1.807, 2.05) is 0 Å². The molecule has 1 atom stereocenters. The molecule has 1 heterocycles. The predicted molar refractivity (Wildman–Crippen MR) is 86.1 cm³/mol. The molecule has 0 spiro atoms. The molecule has 0 amide bonds. The van der Waals surface area contributed by atoms with Crippen LogP contribution in [0, 0.1) is 11.3 Å². The highest BCUT2D eigenvalue weighted by Gasteiger charge is 2.37. The summed E-state index contributed by atoms with van der Waals surface area (Å²) >= 11 is 0. The highest BCUT2D eigenvalue weighted by molar-refractivity contribution is 5.59. The summed E-state index contributed by atoms with van der Waals surface area (Å²) in [6.07, 6.45) is 6.49. The zero-order valence-electron chi connectivity index (χ0n) is 12.9. The maximum atomic E-state index is 6.20. The molecule has 0 saturated heterocycles. The van der Waals surface area contributed by atoms with Gasteiger partial charge in [0.2, 0.25) is 0 Å². The number of para-hydroxylation sites is 1. The molecular formula is C18H28N2. The fourth-order valence-electron chi connectivity index (χ4n) is 4.03. The number of fused-ring (bicyclic) bond motifs is 1. The Balaban J connectivity index is 1.79. The number of nitrogens with two attached hydrogens (primary N) is 1. The fourth-order valence-corrected chi connectivity index (χ4v) is 4.03. The summed E-state index contributed by atoms with van der Waals surface area (Å²) in [7, 11) is 0. The lowest BCUT2D eigenvalue weighted by Gasteiger charge is -2.43. The summed E-state index contributed by atoms with van der Waals surface area (Å²) in [6, 6.07) is 9.52. The largest absolute Gasteiger partial charge is 0.368 e. The number of benzene rings is 1. The van der Waals surface area contributed by atoms with Crippen LogP contribution in [0.2, 0.25) is 0 Å². The van der Waals surface area contributed by atoms with E-state index >= 15 is 0 Å². The van der Waals surface area contributed by atoms with Crippen LogP contribution in [0.1, 0.15) is 45.1 Å². The Morgan fingerprint density at radius 1 is 1.20 bits per heavy atom. The van der Waals surface area contributed by atoms with E-state index in [1.54, 1.807) is 0 Å². The third-order valence-corrected chi connectivity index (χ3v) is 5.62.